The van der Waals surface area contributed by atoms with Crippen LogP contribution < -0.4 is 5.32 Å². The number of hydrogen-bond acceptors (Lipinski definition) is 2. The Morgan fingerprint density at radius 2 is 2.10 bits per heavy atom. The highest BCUT2D eigenvalue weighted by molar-refractivity contribution is 6.30. The van der Waals surface area contributed by atoms with Crippen molar-refractivity contribution in [1.82, 2.24) is 10.3 Å². The standard InChI is InChI=1S/C17H17ClN2O/c1-2-16(14-6-8-15(18)9-7-14)20-17(21)10-5-13-4-3-11-19-12-13/h3-12,16H,2H2,1H3,(H,20,21)/b10-5+. The summed E-state index contributed by atoms with van der Waals surface area (Å²) in [6, 6.07) is 11.2. The van der Waals surface area contributed by atoms with Gasteiger partial charge in [-0.05, 0) is 41.8 Å². The van der Waals surface area contributed by atoms with E-state index < -0.39 is 0 Å². The number of carbonyl (C=O) groups is 1. The van der Waals surface area contributed by atoms with Gasteiger partial charge in [-0.1, -0.05) is 36.7 Å². The first-order valence-electron chi connectivity index (χ1n) is 6.83. The Labute approximate surface area is 129 Å². The molecule has 0 aliphatic rings. The Morgan fingerprint density at radius 1 is 1.33 bits per heavy atom. The second-order valence-corrected chi connectivity index (χ2v) is 5.08. The first kappa shape index (κ1) is 15.3. The zero-order valence-electron chi connectivity index (χ0n) is 11.8. The first-order valence-corrected chi connectivity index (χ1v) is 7.21. The molecule has 0 bridgehead atoms. The number of benzene rings is 1. The third-order valence-electron chi connectivity index (χ3n) is 3.11. The molecule has 2 aromatic rings. The maximum atomic E-state index is 12.0. The molecule has 1 amide bonds. The average molecular weight is 301 g/mol. The Balaban J connectivity index is 2.00. The van der Waals surface area contributed by atoms with Crippen LogP contribution in [0, 0.1) is 0 Å². The van der Waals surface area contributed by atoms with E-state index in [0.29, 0.717) is 5.02 Å². The van der Waals surface area contributed by atoms with Gasteiger partial charge < -0.3 is 5.32 Å². The van der Waals surface area contributed by atoms with E-state index in [1.165, 1.54) is 6.08 Å². The second kappa shape index (κ2) is 7.60. The molecule has 2 rings (SSSR count). The van der Waals surface area contributed by atoms with Gasteiger partial charge in [0.05, 0.1) is 6.04 Å². The van der Waals surface area contributed by atoms with E-state index in [4.69, 9.17) is 11.6 Å². The fourth-order valence-corrected chi connectivity index (χ4v) is 2.11. The molecule has 0 aliphatic carbocycles. The molecule has 1 aromatic heterocycles. The molecular formula is C17H17ClN2O. The molecule has 1 heterocycles. The van der Waals surface area contributed by atoms with Gasteiger partial charge in [0.2, 0.25) is 5.91 Å². The van der Waals surface area contributed by atoms with Crippen LogP contribution in [-0.2, 0) is 4.79 Å². The van der Waals surface area contributed by atoms with Gasteiger partial charge in [0.15, 0.2) is 0 Å². The van der Waals surface area contributed by atoms with Crippen LogP contribution >= 0.6 is 11.6 Å². The van der Waals surface area contributed by atoms with Gasteiger partial charge >= 0.3 is 0 Å². The van der Waals surface area contributed by atoms with E-state index in [1.54, 1.807) is 18.5 Å². The molecule has 21 heavy (non-hydrogen) atoms. The fraction of sp³-hybridized carbons (Fsp3) is 0.176. The lowest BCUT2D eigenvalue weighted by Gasteiger charge is -2.16. The molecule has 1 aromatic carbocycles. The quantitative estimate of drug-likeness (QED) is 0.848. The molecule has 1 atom stereocenters. The molecule has 3 nitrogen and oxygen atoms in total. The molecule has 0 spiro atoms. The van der Waals surface area contributed by atoms with Crippen molar-refractivity contribution in [2.24, 2.45) is 0 Å². The number of nitrogens with one attached hydrogen (secondary N) is 1. The van der Waals surface area contributed by atoms with Crippen molar-refractivity contribution in [3.05, 3.63) is 71.0 Å². The molecule has 0 saturated carbocycles. The third-order valence-corrected chi connectivity index (χ3v) is 3.36. The number of halogens is 1. The number of nitrogens with zero attached hydrogens (tertiary/aromatic N) is 1. The minimum Gasteiger partial charge on any atom is -0.346 e. The highest BCUT2D eigenvalue weighted by Crippen LogP contribution is 2.19. The lowest BCUT2D eigenvalue weighted by Crippen LogP contribution is -2.26. The van der Waals surface area contributed by atoms with Crippen LogP contribution in [0.3, 0.4) is 0 Å². The molecule has 1 N–H and O–H groups in total. The number of aromatic nitrogens is 1. The number of carbonyl (C=O) groups excluding carboxylic acids is 1. The summed E-state index contributed by atoms with van der Waals surface area (Å²) in [5.74, 6) is -0.124. The van der Waals surface area contributed by atoms with Gasteiger partial charge in [-0.3, -0.25) is 9.78 Å². The van der Waals surface area contributed by atoms with Crippen LogP contribution in [-0.4, -0.2) is 10.9 Å². The van der Waals surface area contributed by atoms with Crippen LogP contribution in [0.15, 0.2) is 54.9 Å². The third kappa shape index (κ3) is 4.72. The van der Waals surface area contributed by atoms with Crippen LogP contribution in [0.4, 0.5) is 0 Å². The van der Waals surface area contributed by atoms with E-state index in [1.807, 2.05) is 43.3 Å². The number of hydrogen-bond donors (Lipinski definition) is 1. The van der Waals surface area contributed by atoms with Crippen molar-refractivity contribution in [3.63, 3.8) is 0 Å². The van der Waals surface area contributed by atoms with E-state index in [0.717, 1.165) is 17.5 Å². The number of amides is 1. The average Bonchev–Trinajstić information content (AvgIpc) is 2.52. The van der Waals surface area contributed by atoms with Crippen LogP contribution in [0.25, 0.3) is 6.08 Å². The fourth-order valence-electron chi connectivity index (χ4n) is 1.98. The van der Waals surface area contributed by atoms with Gasteiger partial charge in [-0.2, -0.15) is 0 Å². The molecule has 108 valence electrons. The van der Waals surface area contributed by atoms with Gasteiger partial charge in [0.25, 0.3) is 0 Å². The van der Waals surface area contributed by atoms with Crippen molar-refractivity contribution in [2.75, 3.05) is 0 Å². The zero-order chi connectivity index (χ0) is 15.1. The van der Waals surface area contributed by atoms with Crippen molar-refractivity contribution >= 4 is 23.6 Å². The second-order valence-electron chi connectivity index (χ2n) is 4.64. The Hall–Kier alpha value is -2.13. The largest absolute Gasteiger partial charge is 0.346 e. The molecular weight excluding hydrogens is 284 g/mol. The Bertz CT molecular complexity index is 608. The highest BCUT2D eigenvalue weighted by atomic mass is 35.5. The van der Waals surface area contributed by atoms with Gasteiger partial charge in [0, 0.05) is 23.5 Å². The SMILES string of the molecule is CCC(NC(=O)/C=C/c1cccnc1)c1ccc(Cl)cc1. The Morgan fingerprint density at radius 3 is 2.71 bits per heavy atom. The van der Waals surface area contributed by atoms with E-state index in [2.05, 4.69) is 10.3 Å². The number of rotatable bonds is 5. The normalized spacial score (nSPS) is 12.3. The lowest BCUT2D eigenvalue weighted by atomic mass is 10.0. The lowest BCUT2D eigenvalue weighted by molar-refractivity contribution is -0.117. The molecule has 0 fully saturated rings. The Kier molecular flexibility index (Phi) is 5.52. The summed E-state index contributed by atoms with van der Waals surface area (Å²) in [5.41, 5.74) is 1.94. The minimum absolute atomic E-state index is 0.0201. The first-order chi connectivity index (χ1) is 10.2. The zero-order valence-corrected chi connectivity index (χ0v) is 12.5. The van der Waals surface area contributed by atoms with Crippen LogP contribution in [0.5, 0.6) is 0 Å². The highest BCUT2D eigenvalue weighted by Gasteiger charge is 2.10. The monoisotopic (exact) mass is 300 g/mol. The van der Waals surface area contributed by atoms with E-state index in [9.17, 15) is 4.79 Å². The van der Waals surface area contributed by atoms with Crippen molar-refractivity contribution < 1.29 is 4.79 Å². The minimum atomic E-state index is -0.124. The predicted octanol–water partition coefficient (Wildman–Crippen LogP) is 4.02. The van der Waals surface area contributed by atoms with Gasteiger partial charge in [-0.15, -0.1) is 0 Å². The maximum absolute atomic E-state index is 12.0. The summed E-state index contributed by atoms with van der Waals surface area (Å²) >= 11 is 5.88. The molecule has 0 radical (unpaired) electrons. The molecule has 0 aliphatic heterocycles. The topological polar surface area (TPSA) is 42.0 Å². The van der Waals surface area contributed by atoms with Crippen molar-refractivity contribution in [2.45, 2.75) is 19.4 Å². The van der Waals surface area contributed by atoms with Crippen LogP contribution in [0.1, 0.15) is 30.5 Å². The summed E-state index contributed by atoms with van der Waals surface area (Å²) in [6.45, 7) is 2.03. The van der Waals surface area contributed by atoms with E-state index in [-0.39, 0.29) is 11.9 Å². The van der Waals surface area contributed by atoms with Crippen LogP contribution in [0.2, 0.25) is 5.02 Å². The maximum Gasteiger partial charge on any atom is 0.244 e. The summed E-state index contributed by atoms with van der Waals surface area (Å²) in [6.07, 6.45) is 7.49. The molecule has 0 saturated heterocycles. The smallest absolute Gasteiger partial charge is 0.244 e. The van der Waals surface area contributed by atoms with Gasteiger partial charge in [0.1, 0.15) is 0 Å². The number of pyridine rings is 1. The van der Waals surface area contributed by atoms with Crippen molar-refractivity contribution in [3.8, 4) is 0 Å². The summed E-state index contributed by atoms with van der Waals surface area (Å²) in [4.78, 5) is 16.0. The van der Waals surface area contributed by atoms with Crippen molar-refractivity contribution in [1.29, 1.82) is 0 Å². The summed E-state index contributed by atoms with van der Waals surface area (Å²) in [7, 11) is 0. The van der Waals surface area contributed by atoms with E-state index >= 15 is 0 Å². The molecule has 4 heteroatoms. The molecule has 1 unspecified atom stereocenters. The summed E-state index contributed by atoms with van der Waals surface area (Å²) in [5, 5.41) is 3.67. The van der Waals surface area contributed by atoms with Gasteiger partial charge in [-0.25, -0.2) is 0 Å². The summed E-state index contributed by atoms with van der Waals surface area (Å²) < 4.78 is 0. The predicted molar refractivity (Wildman–Crippen MR) is 85.9 cm³/mol.